The van der Waals surface area contributed by atoms with E-state index in [1.54, 1.807) is 11.8 Å². The lowest BCUT2D eigenvalue weighted by Crippen LogP contribution is -2.44. The van der Waals surface area contributed by atoms with Crippen LogP contribution in [0.1, 0.15) is 59.8 Å². The zero-order valence-electron chi connectivity index (χ0n) is 13.6. The van der Waals surface area contributed by atoms with E-state index in [1.165, 1.54) is 12.8 Å². The molecular formula is C16H27NO4. The van der Waals surface area contributed by atoms with Crippen LogP contribution in [-0.4, -0.2) is 41.8 Å². The lowest BCUT2D eigenvalue weighted by Gasteiger charge is -2.28. The molecule has 0 unspecified atom stereocenters. The van der Waals surface area contributed by atoms with Crippen molar-refractivity contribution in [1.82, 2.24) is 4.90 Å². The average molecular weight is 297 g/mol. The number of carbonyl (C=O) groups is 2. The van der Waals surface area contributed by atoms with Gasteiger partial charge >= 0.3 is 12.1 Å². The highest BCUT2D eigenvalue weighted by atomic mass is 16.6. The van der Waals surface area contributed by atoms with Gasteiger partial charge in [0.15, 0.2) is 0 Å². The molecule has 21 heavy (non-hydrogen) atoms. The van der Waals surface area contributed by atoms with Crippen LogP contribution >= 0.6 is 0 Å². The van der Waals surface area contributed by atoms with Crippen molar-refractivity contribution in [2.24, 2.45) is 5.41 Å². The van der Waals surface area contributed by atoms with Gasteiger partial charge in [0.2, 0.25) is 0 Å². The van der Waals surface area contributed by atoms with E-state index in [4.69, 9.17) is 9.47 Å². The lowest BCUT2D eigenvalue weighted by atomic mass is 9.84. The Morgan fingerprint density at radius 3 is 2.38 bits per heavy atom. The van der Waals surface area contributed by atoms with Crippen molar-refractivity contribution in [3.05, 3.63) is 0 Å². The highest BCUT2D eigenvalue weighted by Gasteiger charge is 2.51. The summed E-state index contributed by atoms with van der Waals surface area (Å²) in [6, 6.07) is -0.488. The number of carbonyl (C=O) groups excluding carboxylic acids is 2. The van der Waals surface area contributed by atoms with Gasteiger partial charge in [-0.05, 0) is 52.4 Å². The molecule has 1 saturated heterocycles. The van der Waals surface area contributed by atoms with Crippen LogP contribution in [0.3, 0.4) is 0 Å². The van der Waals surface area contributed by atoms with E-state index in [2.05, 4.69) is 0 Å². The van der Waals surface area contributed by atoms with Gasteiger partial charge in [0.05, 0.1) is 6.61 Å². The summed E-state index contributed by atoms with van der Waals surface area (Å²) in [4.78, 5) is 26.2. The molecular weight excluding hydrogens is 270 g/mol. The second-order valence-electron chi connectivity index (χ2n) is 7.29. The summed E-state index contributed by atoms with van der Waals surface area (Å²) in [6.07, 6.45) is 4.84. The predicted molar refractivity (Wildman–Crippen MR) is 78.9 cm³/mol. The van der Waals surface area contributed by atoms with E-state index in [-0.39, 0.29) is 11.4 Å². The highest BCUT2D eigenvalue weighted by molar-refractivity contribution is 5.82. The summed E-state index contributed by atoms with van der Waals surface area (Å²) in [7, 11) is 0. The summed E-state index contributed by atoms with van der Waals surface area (Å²) in [5.41, 5.74) is -0.462. The van der Waals surface area contributed by atoms with Gasteiger partial charge in [-0.1, -0.05) is 12.8 Å². The van der Waals surface area contributed by atoms with Gasteiger partial charge in [0.1, 0.15) is 11.6 Å². The Labute approximate surface area is 127 Å². The van der Waals surface area contributed by atoms with Gasteiger partial charge < -0.3 is 9.47 Å². The number of amides is 1. The number of nitrogens with zero attached hydrogens (tertiary/aromatic N) is 1. The first-order valence-electron chi connectivity index (χ1n) is 7.93. The topological polar surface area (TPSA) is 55.8 Å². The maximum absolute atomic E-state index is 12.4. The second-order valence-corrected chi connectivity index (χ2v) is 7.29. The Kier molecular flexibility index (Phi) is 4.49. The number of likely N-dealkylation sites (tertiary alicyclic amines) is 1. The van der Waals surface area contributed by atoms with Gasteiger partial charge in [0.25, 0.3) is 0 Å². The molecule has 2 rings (SSSR count). The molecule has 5 nitrogen and oxygen atoms in total. The van der Waals surface area contributed by atoms with Crippen LogP contribution in [0.4, 0.5) is 4.79 Å². The molecule has 0 aromatic rings. The molecule has 1 amide bonds. The van der Waals surface area contributed by atoms with Gasteiger partial charge in [-0.3, -0.25) is 4.90 Å². The third-order valence-corrected chi connectivity index (χ3v) is 4.36. The van der Waals surface area contributed by atoms with Crippen molar-refractivity contribution >= 4 is 12.1 Å². The van der Waals surface area contributed by atoms with Crippen molar-refractivity contribution in [3.63, 3.8) is 0 Å². The molecule has 1 aliphatic carbocycles. The maximum atomic E-state index is 12.4. The smallest absolute Gasteiger partial charge is 0.411 e. The fraction of sp³-hybridized carbons (Fsp3) is 0.875. The van der Waals surface area contributed by atoms with Crippen molar-refractivity contribution < 1.29 is 19.1 Å². The summed E-state index contributed by atoms with van der Waals surface area (Å²) >= 11 is 0. The Morgan fingerprint density at radius 1 is 1.24 bits per heavy atom. The molecule has 1 aliphatic heterocycles. The summed E-state index contributed by atoms with van der Waals surface area (Å²) < 4.78 is 10.6. The summed E-state index contributed by atoms with van der Waals surface area (Å²) in [5.74, 6) is -0.299. The number of hydrogen-bond acceptors (Lipinski definition) is 4. The fourth-order valence-electron chi connectivity index (χ4n) is 3.51. The molecule has 0 aromatic carbocycles. The van der Waals surface area contributed by atoms with E-state index in [9.17, 15) is 9.59 Å². The average Bonchev–Trinajstić information content (AvgIpc) is 2.96. The van der Waals surface area contributed by atoms with Gasteiger partial charge in [-0.25, -0.2) is 9.59 Å². The zero-order chi connectivity index (χ0) is 15.7. The monoisotopic (exact) mass is 297 g/mol. The Bertz CT molecular complexity index is 407. The minimum atomic E-state index is -0.554. The Morgan fingerprint density at radius 2 is 1.86 bits per heavy atom. The molecule has 0 aromatic heterocycles. The number of hydrogen-bond donors (Lipinski definition) is 0. The summed E-state index contributed by atoms with van der Waals surface area (Å²) in [5, 5.41) is 0. The highest BCUT2D eigenvalue weighted by Crippen LogP contribution is 2.48. The maximum Gasteiger partial charge on any atom is 0.411 e. The van der Waals surface area contributed by atoms with Crippen molar-refractivity contribution in [2.75, 3.05) is 13.2 Å². The second kappa shape index (κ2) is 5.85. The van der Waals surface area contributed by atoms with Crippen LogP contribution in [0.5, 0.6) is 0 Å². The van der Waals surface area contributed by atoms with Gasteiger partial charge in [-0.15, -0.1) is 0 Å². The van der Waals surface area contributed by atoms with Crippen LogP contribution in [0, 0.1) is 5.41 Å². The third-order valence-electron chi connectivity index (χ3n) is 4.36. The first-order chi connectivity index (χ1) is 9.76. The normalized spacial score (nSPS) is 24.4. The molecule has 0 radical (unpaired) electrons. The van der Waals surface area contributed by atoms with Crippen LogP contribution in [0.25, 0.3) is 0 Å². The van der Waals surface area contributed by atoms with E-state index < -0.39 is 17.7 Å². The Hall–Kier alpha value is -1.26. The van der Waals surface area contributed by atoms with Crippen LogP contribution in [-0.2, 0) is 14.3 Å². The molecule has 2 fully saturated rings. The molecule has 1 heterocycles. The van der Waals surface area contributed by atoms with Gasteiger partial charge in [0, 0.05) is 6.54 Å². The quantitative estimate of drug-likeness (QED) is 0.735. The third kappa shape index (κ3) is 3.69. The summed E-state index contributed by atoms with van der Waals surface area (Å²) in [6.45, 7) is 8.26. The number of esters is 1. The first-order valence-corrected chi connectivity index (χ1v) is 7.93. The molecule has 2 aliphatic rings. The largest absolute Gasteiger partial charge is 0.464 e. The number of ether oxygens (including phenoxy) is 2. The van der Waals surface area contributed by atoms with Crippen LogP contribution in [0.15, 0.2) is 0 Å². The molecule has 0 bridgehead atoms. The molecule has 0 N–H and O–H groups in total. The molecule has 120 valence electrons. The molecule has 5 heteroatoms. The van der Waals surface area contributed by atoms with E-state index in [1.807, 2.05) is 20.8 Å². The van der Waals surface area contributed by atoms with E-state index >= 15 is 0 Å². The first kappa shape index (κ1) is 16.1. The van der Waals surface area contributed by atoms with Gasteiger partial charge in [-0.2, -0.15) is 0 Å². The van der Waals surface area contributed by atoms with Crippen molar-refractivity contribution in [3.8, 4) is 0 Å². The van der Waals surface area contributed by atoms with E-state index in [0.29, 0.717) is 19.6 Å². The zero-order valence-corrected chi connectivity index (χ0v) is 13.6. The van der Waals surface area contributed by atoms with E-state index in [0.717, 1.165) is 12.8 Å². The fourth-order valence-corrected chi connectivity index (χ4v) is 3.51. The lowest BCUT2D eigenvalue weighted by molar-refractivity contribution is -0.148. The SMILES string of the molecule is CCOC(=O)[C@@H]1CC2(CCCC2)CN1C(=O)OC(C)(C)C. The molecule has 1 saturated carbocycles. The van der Waals surface area contributed by atoms with Crippen molar-refractivity contribution in [2.45, 2.75) is 71.4 Å². The Balaban J connectivity index is 2.14. The standard InChI is InChI=1S/C16H27NO4/c1-5-20-13(18)12-10-16(8-6-7-9-16)11-17(12)14(19)21-15(2,3)4/h12H,5-11H2,1-4H3/t12-/m0/s1. The predicted octanol–water partition coefficient (Wildman–Crippen LogP) is 3.12. The van der Waals surface area contributed by atoms with Crippen LogP contribution < -0.4 is 0 Å². The molecule has 1 atom stereocenters. The van der Waals surface area contributed by atoms with Crippen LogP contribution in [0.2, 0.25) is 0 Å². The number of rotatable bonds is 2. The van der Waals surface area contributed by atoms with Crippen molar-refractivity contribution in [1.29, 1.82) is 0 Å². The minimum absolute atomic E-state index is 0.0916. The molecule has 1 spiro atoms. The minimum Gasteiger partial charge on any atom is -0.464 e.